The van der Waals surface area contributed by atoms with Crippen LogP contribution in [-0.4, -0.2) is 58.1 Å². The lowest BCUT2D eigenvalue weighted by Gasteiger charge is -2.29. The molecule has 4 heterocycles. The number of nitrogens with zero attached hydrogens (tertiary/aromatic N) is 5. The van der Waals surface area contributed by atoms with Crippen molar-refractivity contribution in [1.29, 1.82) is 0 Å². The Morgan fingerprint density at radius 1 is 1.10 bits per heavy atom. The fourth-order valence-electron chi connectivity index (χ4n) is 4.66. The first-order valence-electron chi connectivity index (χ1n) is 11.0. The topological polar surface area (TPSA) is 78.7 Å². The number of benzene rings is 1. The lowest BCUT2D eigenvalue weighted by Crippen LogP contribution is -3.14. The van der Waals surface area contributed by atoms with Crippen molar-refractivity contribution in [2.75, 3.05) is 44.3 Å². The van der Waals surface area contributed by atoms with Crippen molar-refractivity contribution < 1.29 is 9.64 Å². The van der Waals surface area contributed by atoms with Gasteiger partial charge in [-0.1, -0.05) is 30.3 Å². The van der Waals surface area contributed by atoms with Gasteiger partial charge in [0.15, 0.2) is 11.2 Å². The third-order valence-corrected chi connectivity index (χ3v) is 6.41. The SMILES string of the molecule is Cn1c(=O)n(CC[NH+]2CCOCC2)c(=O)c2c1nc1n2CCCN1Cc1ccccc1. The quantitative estimate of drug-likeness (QED) is 0.581. The first-order chi connectivity index (χ1) is 15.1. The summed E-state index contributed by atoms with van der Waals surface area (Å²) in [6.45, 7) is 6.77. The van der Waals surface area contributed by atoms with E-state index in [0.717, 1.165) is 64.9 Å². The van der Waals surface area contributed by atoms with E-state index in [-0.39, 0.29) is 11.2 Å². The summed E-state index contributed by atoms with van der Waals surface area (Å²) in [5.41, 5.74) is 1.68. The summed E-state index contributed by atoms with van der Waals surface area (Å²) in [6, 6.07) is 10.3. The van der Waals surface area contributed by atoms with E-state index in [4.69, 9.17) is 9.72 Å². The van der Waals surface area contributed by atoms with Crippen molar-refractivity contribution in [2.24, 2.45) is 7.05 Å². The second-order valence-corrected chi connectivity index (χ2v) is 8.41. The number of ether oxygens (including phenoxy) is 1. The zero-order valence-electron chi connectivity index (χ0n) is 17.9. The van der Waals surface area contributed by atoms with Gasteiger partial charge in [-0.2, -0.15) is 4.98 Å². The van der Waals surface area contributed by atoms with Gasteiger partial charge < -0.3 is 19.1 Å². The summed E-state index contributed by atoms with van der Waals surface area (Å²) in [7, 11) is 1.71. The van der Waals surface area contributed by atoms with Crippen LogP contribution in [0.1, 0.15) is 12.0 Å². The number of rotatable bonds is 5. The lowest BCUT2D eigenvalue weighted by atomic mass is 10.2. The first kappa shape index (κ1) is 20.0. The minimum absolute atomic E-state index is 0.230. The molecule has 9 heteroatoms. The van der Waals surface area contributed by atoms with Gasteiger partial charge in [-0.25, -0.2) is 4.79 Å². The normalized spacial score (nSPS) is 17.3. The highest BCUT2D eigenvalue weighted by Crippen LogP contribution is 2.25. The van der Waals surface area contributed by atoms with Gasteiger partial charge in [-0.3, -0.25) is 13.9 Å². The van der Waals surface area contributed by atoms with Gasteiger partial charge >= 0.3 is 5.69 Å². The molecule has 2 aliphatic rings. The molecule has 164 valence electrons. The van der Waals surface area contributed by atoms with Crippen LogP contribution < -0.4 is 21.0 Å². The van der Waals surface area contributed by atoms with Crippen molar-refractivity contribution >= 4 is 17.1 Å². The molecule has 0 aliphatic carbocycles. The summed E-state index contributed by atoms with van der Waals surface area (Å²) in [5.74, 6) is 0.772. The average Bonchev–Trinajstić information content (AvgIpc) is 3.20. The van der Waals surface area contributed by atoms with Crippen LogP contribution in [0.2, 0.25) is 0 Å². The summed E-state index contributed by atoms with van der Waals surface area (Å²) in [5, 5.41) is 0. The Balaban J connectivity index is 1.52. The summed E-state index contributed by atoms with van der Waals surface area (Å²) in [6.07, 6.45) is 0.936. The maximum atomic E-state index is 13.4. The first-order valence-corrected chi connectivity index (χ1v) is 11.0. The molecule has 2 aromatic heterocycles. The third kappa shape index (κ3) is 3.68. The van der Waals surface area contributed by atoms with Gasteiger partial charge in [-0.15, -0.1) is 0 Å². The van der Waals surface area contributed by atoms with E-state index in [0.29, 0.717) is 17.7 Å². The van der Waals surface area contributed by atoms with Crippen LogP contribution in [0.15, 0.2) is 39.9 Å². The summed E-state index contributed by atoms with van der Waals surface area (Å²) >= 11 is 0. The number of hydrogen-bond acceptors (Lipinski definition) is 5. The number of aromatic nitrogens is 4. The molecule has 5 rings (SSSR count). The smallest absolute Gasteiger partial charge is 0.332 e. The summed E-state index contributed by atoms with van der Waals surface area (Å²) < 4.78 is 10.3. The molecule has 0 saturated carbocycles. The second kappa shape index (κ2) is 8.32. The van der Waals surface area contributed by atoms with Gasteiger partial charge in [0, 0.05) is 26.7 Å². The van der Waals surface area contributed by atoms with E-state index < -0.39 is 0 Å². The Hall–Kier alpha value is -2.91. The average molecular weight is 426 g/mol. The molecular formula is C22H29N6O3+. The number of imidazole rings is 1. The number of fused-ring (bicyclic) bond motifs is 3. The third-order valence-electron chi connectivity index (χ3n) is 6.41. The van der Waals surface area contributed by atoms with E-state index in [2.05, 4.69) is 17.0 Å². The van der Waals surface area contributed by atoms with Crippen molar-refractivity contribution in [3.63, 3.8) is 0 Å². The molecule has 0 atom stereocenters. The minimum atomic E-state index is -0.296. The predicted octanol–water partition coefficient (Wildman–Crippen LogP) is -0.778. The Labute approximate surface area is 180 Å². The van der Waals surface area contributed by atoms with Crippen LogP contribution in [0.3, 0.4) is 0 Å². The van der Waals surface area contributed by atoms with Crippen LogP contribution >= 0.6 is 0 Å². The van der Waals surface area contributed by atoms with E-state index in [9.17, 15) is 9.59 Å². The van der Waals surface area contributed by atoms with Gasteiger partial charge in [0.05, 0.1) is 26.3 Å². The minimum Gasteiger partial charge on any atom is -0.370 e. The van der Waals surface area contributed by atoms with E-state index in [1.165, 1.54) is 19.6 Å². The fourth-order valence-corrected chi connectivity index (χ4v) is 4.66. The zero-order chi connectivity index (χ0) is 21.4. The number of morpholine rings is 1. The molecule has 31 heavy (non-hydrogen) atoms. The highest BCUT2D eigenvalue weighted by molar-refractivity contribution is 5.75. The Kier molecular flexibility index (Phi) is 5.37. The monoisotopic (exact) mass is 425 g/mol. The van der Waals surface area contributed by atoms with Crippen molar-refractivity contribution in [2.45, 2.75) is 26.1 Å². The Bertz CT molecular complexity index is 1190. The number of hydrogen-bond donors (Lipinski definition) is 1. The van der Waals surface area contributed by atoms with E-state index in [1.54, 1.807) is 7.05 Å². The van der Waals surface area contributed by atoms with Crippen LogP contribution in [0.25, 0.3) is 11.2 Å². The van der Waals surface area contributed by atoms with Gasteiger partial charge in [-0.05, 0) is 12.0 Å². The Morgan fingerprint density at radius 2 is 1.87 bits per heavy atom. The van der Waals surface area contributed by atoms with Crippen molar-refractivity contribution in [3.05, 3.63) is 56.7 Å². The maximum absolute atomic E-state index is 13.4. The van der Waals surface area contributed by atoms with Crippen LogP contribution in [0.5, 0.6) is 0 Å². The molecule has 1 saturated heterocycles. The zero-order valence-corrected chi connectivity index (χ0v) is 17.9. The van der Waals surface area contributed by atoms with Crippen molar-refractivity contribution in [3.8, 4) is 0 Å². The van der Waals surface area contributed by atoms with Gasteiger partial charge in [0.25, 0.3) is 5.56 Å². The fraction of sp³-hybridized carbons (Fsp3) is 0.500. The van der Waals surface area contributed by atoms with Crippen LogP contribution in [0.4, 0.5) is 5.95 Å². The number of nitrogens with one attached hydrogen (secondary N) is 1. The molecule has 2 aliphatic heterocycles. The molecule has 0 spiro atoms. The molecule has 0 radical (unpaired) electrons. The molecule has 9 nitrogen and oxygen atoms in total. The van der Waals surface area contributed by atoms with Crippen molar-refractivity contribution in [1.82, 2.24) is 18.7 Å². The molecule has 1 aromatic carbocycles. The summed E-state index contributed by atoms with van der Waals surface area (Å²) in [4.78, 5) is 34.7. The van der Waals surface area contributed by atoms with Crippen LogP contribution in [0, 0.1) is 0 Å². The second-order valence-electron chi connectivity index (χ2n) is 8.41. The molecule has 1 N–H and O–H groups in total. The number of aryl methyl sites for hydroxylation is 2. The maximum Gasteiger partial charge on any atom is 0.332 e. The molecule has 0 bridgehead atoms. The molecule has 0 amide bonds. The Morgan fingerprint density at radius 3 is 2.65 bits per heavy atom. The highest BCUT2D eigenvalue weighted by atomic mass is 16.5. The number of quaternary nitrogens is 1. The standard InChI is InChI=1S/C22H28N6O3/c1-24-19-18(20(29)28(22(24)30)11-10-25-12-14-31-15-13-25)27-9-5-8-26(21(27)23-19)16-17-6-3-2-4-7-17/h2-4,6-7H,5,8-16H2,1H3/p+1. The largest absolute Gasteiger partial charge is 0.370 e. The van der Waals surface area contributed by atoms with Gasteiger partial charge in [0.1, 0.15) is 13.1 Å². The molecule has 1 fully saturated rings. The van der Waals surface area contributed by atoms with Gasteiger partial charge in [0.2, 0.25) is 5.95 Å². The molecule has 3 aromatic rings. The molecular weight excluding hydrogens is 396 g/mol. The van der Waals surface area contributed by atoms with E-state index >= 15 is 0 Å². The lowest BCUT2D eigenvalue weighted by molar-refractivity contribution is -0.908. The van der Waals surface area contributed by atoms with Crippen LogP contribution in [-0.2, 0) is 31.4 Å². The van der Waals surface area contributed by atoms with E-state index in [1.807, 2.05) is 22.8 Å². The highest BCUT2D eigenvalue weighted by Gasteiger charge is 2.26. The predicted molar refractivity (Wildman–Crippen MR) is 118 cm³/mol. The molecule has 0 unspecified atom stereocenters. The number of anilines is 1.